The van der Waals surface area contributed by atoms with Crippen molar-refractivity contribution in [2.45, 2.75) is 49.4 Å². The van der Waals surface area contributed by atoms with Crippen molar-refractivity contribution in [3.63, 3.8) is 0 Å². The first-order valence-electron chi connectivity index (χ1n) is 5.70. The Bertz CT molecular complexity index is 423. The van der Waals surface area contributed by atoms with Crippen LogP contribution < -0.4 is 0 Å². The molecule has 0 aromatic carbocycles. The van der Waals surface area contributed by atoms with Crippen molar-refractivity contribution in [2.75, 3.05) is 0 Å². The summed E-state index contributed by atoms with van der Waals surface area (Å²) < 4.78 is 0.0986. The number of pyridine rings is 1. The first-order valence-corrected chi connectivity index (χ1v) is 8.26. The second kappa shape index (κ2) is 6.71. The zero-order valence-corrected chi connectivity index (χ0v) is 13.6. The fraction of sp³-hybridized carbons (Fsp3) is 0.538. The minimum atomic E-state index is -0.164. The number of thiocarbonyl (C=S) groups is 1. The summed E-state index contributed by atoms with van der Waals surface area (Å²) in [6.07, 6.45) is 2.75. The molecule has 5 heteroatoms. The zero-order valence-electron chi connectivity index (χ0n) is 11.1. The van der Waals surface area contributed by atoms with Gasteiger partial charge in [-0.3, -0.25) is 0 Å². The van der Waals surface area contributed by atoms with Crippen molar-refractivity contribution in [1.82, 2.24) is 4.98 Å². The van der Waals surface area contributed by atoms with Gasteiger partial charge in [-0.05, 0) is 69.3 Å². The van der Waals surface area contributed by atoms with Gasteiger partial charge in [-0.15, -0.1) is 0 Å². The van der Waals surface area contributed by atoms with Crippen LogP contribution in [0.25, 0.3) is 0 Å². The van der Waals surface area contributed by atoms with Gasteiger partial charge in [0.2, 0.25) is 0 Å². The molecule has 0 fully saturated rings. The van der Waals surface area contributed by atoms with E-state index in [1.165, 1.54) is 0 Å². The molecule has 0 saturated carbocycles. The molecule has 0 aliphatic carbocycles. The molecule has 0 spiro atoms. The van der Waals surface area contributed by atoms with Gasteiger partial charge < -0.3 is 0 Å². The SMILES string of the molecule is CC(C)(CC(C)(C)SSc1ccccn1)N=C=S. The van der Waals surface area contributed by atoms with Crippen LogP contribution in [0.4, 0.5) is 0 Å². The second-order valence-electron chi connectivity index (χ2n) is 5.29. The van der Waals surface area contributed by atoms with E-state index in [1.54, 1.807) is 10.8 Å². The lowest BCUT2D eigenvalue weighted by molar-refractivity contribution is 0.431. The van der Waals surface area contributed by atoms with Crippen molar-refractivity contribution in [3.05, 3.63) is 24.4 Å². The zero-order chi connectivity index (χ0) is 13.6. The number of isothiocyanates is 1. The molecule has 0 unspecified atom stereocenters. The fourth-order valence-electron chi connectivity index (χ4n) is 1.79. The molecule has 0 atom stereocenters. The van der Waals surface area contributed by atoms with Crippen LogP contribution in [0.1, 0.15) is 34.1 Å². The highest BCUT2D eigenvalue weighted by molar-refractivity contribution is 8.77. The molecular weight excluding hydrogens is 280 g/mol. The highest BCUT2D eigenvalue weighted by Crippen LogP contribution is 2.44. The van der Waals surface area contributed by atoms with Gasteiger partial charge in [0.1, 0.15) is 5.03 Å². The fourth-order valence-corrected chi connectivity index (χ4v) is 4.40. The summed E-state index contributed by atoms with van der Waals surface area (Å²) in [6, 6.07) is 5.95. The van der Waals surface area contributed by atoms with E-state index >= 15 is 0 Å². The summed E-state index contributed by atoms with van der Waals surface area (Å²) in [7, 11) is 3.52. The van der Waals surface area contributed by atoms with Crippen LogP contribution in [0.3, 0.4) is 0 Å². The van der Waals surface area contributed by atoms with Gasteiger partial charge in [0.15, 0.2) is 0 Å². The molecule has 0 amide bonds. The van der Waals surface area contributed by atoms with Crippen LogP contribution in [0.5, 0.6) is 0 Å². The Kier molecular flexibility index (Phi) is 5.86. The molecular formula is C13H18N2S3. The van der Waals surface area contributed by atoms with Crippen LogP contribution in [0.2, 0.25) is 0 Å². The molecule has 0 bridgehead atoms. The Hall–Kier alpha value is -0.350. The van der Waals surface area contributed by atoms with E-state index in [1.807, 2.05) is 35.2 Å². The van der Waals surface area contributed by atoms with Crippen molar-refractivity contribution < 1.29 is 0 Å². The molecule has 1 heterocycles. The van der Waals surface area contributed by atoms with Gasteiger partial charge in [0.25, 0.3) is 0 Å². The monoisotopic (exact) mass is 298 g/mol. The molecule has 18 heavy (non-hydrogen) atoms. The van der Waals surface area contributed by atoms with E-state index in [0.717, 1.165) is 11.4 Å². The molecule has 0 aliphatic rings. The smallest absolute Gasteiger partial charge is 0.106 e. The maximum absolute atomic E-state index is 4.69. The Morgan fingerprint density at radius 1 is 1.33 bits per heavy atom. The topological polar surface area (TPSA) is 25.2 Å². The summed E-state index contributed by atoms with van der Waals surface area (Å²) in [5, 5.41) is 3.52. The number of hydrogen-bond donors (Lipinski definition) is 0. The van der Waals surface area contributed by atoms with Crippen LogP contribution in [-0.2, 0) is 0 Å². The first kappa shape index (κ1) is 15.7. The van der Waals surface area contributed by atoms with Crippen LogP contribution in [-0.4, -0.2) is 20.4 Å². The maximum atomic E-state index is 4.69. The Labute approximate surface area is 122 Å². The predicted octanol–water partition coefficient (Wildman–Crippen LogP) is 4.87. The molecule has 0 aliphatic heterocycles. The second-order valence-corrected chi connectivity index (χ2v) is 8.33. The van der Waals surface area contributed by atoms with Gasteiger partial charge >= 0.3 is 0 Å². The maximum Gasteiger partial charge on any atom is 0.106 e. The van der Waals surface area contributed by atoms with E-state index in [9.17, 15) is 0 Å². The number of aromatic nitrogens is 1. The lowest BCUT2D eigenvalue weighted by atomic mass is 9.93. The van der Waals surface area contributed by atoms with Crippen molar-refractivity contribution in [1.29, 1.82) is 0 Å². The third kappa shape index (κ3) is 6.01. The Morgan fingerprint density at radius 2 is 2.06 bits per heavy atom. The molecule has 0 radical (unpaired) electrons. The molecule has 0 saturated heterocycles. The van der Waals surface area contributed by atoms with E-state index < -0.39 is 0 Å². The highest BCUT2D eigenvalue weighted by atomic mass is 33.1. The van der Waals surface area contributed by atoms with Crippen LogP contribution in [0.15, 0.2) is 34.4 Å². The summed E-state index contributed by atoms with van der Waals surface area (Å²) in [5.41, 5.74) is -0.164. The van der Waals surface area contributed by atoms with Gasteiger partial charge in [0, 0.05) is 10.9 Å². The van der Waals surface area contributed by atoms with Crippen molar-refractivity contribution in [3.8, 4) is 0 Å². The number of nitrogens with zero attached hydrogens (tertiary/aromatic N) is 2. The molecule has 1 aromatic rings. The number of hydrogen-bond acceptors (Lipinski definition) is 5. The summed E-state index contributed by atoms with van der Waals surface area (Å²) >= 11 is 4.69. The van der Waals surface area contributed by atoms with Gasteiger partial charge in [-0.2, -0.15) is 0 Å². The predicted molar refractivity (Wildman–Crippen MR) is 85.5 cm³/mol. The van der Waals surface area contributed by atoms with E-state index in [-0.39, 0.29) is 10.3 Å². The summed E-state index contributed by atoms with van der Waals surface area (Å²) in [6.45, 7) is 8.60. The minimum absolute atomic E-state index is 0.0986. The first-order chi connectivity index (χ1) is 8.35. The van der Waals surface area contributed by atoms with Crippen LogP contribution >= 0.6 is 33.8 Å². The quantitative estimate of drug-likeness (QED) is 0.425. The largest absolute Gasteiger partial charge is 0.249 e. The van der Waals surface area contributed by atoms with E-state index in [0.29, 0.717) is 0 Å². The lowest BCUT2D eigenvalue weighted by Gasteiger charge is -2.30. The third-order valence-corrected chi connectivity index (χ3v) is 5.50. The number of rotatable bonds is 6. The minimum Gasteiger partial charge on any atom is -0.249 e. The molecule has 2 nitrogen and oxygen atoms in total. The average molecular weight is 299 g/mol. The van der Waals surface area contributed by atoms with Gasteiger partial charge in [0.05, 0.1) is 10.7 Å². The Balaban J connectivity index is 2.57. The van der Waals surface area contributed by atoms with E-state index in [2.05, 4.69) is 42.8 Å². The van der Waals surface area contributed by atoms with Gasteiger partial charge in [-0.25, -0.2) is 9.98 Å². The normalized spacial score (nSPS) is 12.0. The van der Waals surface area contributed by atoms with Crippen molar-refractivity contribution >= 4 is 39.0 Å². The molecule has 1 aromatic heterocycles. The lowest BCUT2D eigenvalue weighted by Crippen LogP contribution is -2.28. The standard InChI is InChI=1S/C13H18N2S3/c1-12(2,15-10-16)9-13(3,4)18-17-11-7-5-6-8-14-11/h5-8H,9H2,1-4H3. The van der Waals surface area contributed by atoms with Crippen LogP contribution in [0, 0.1) is 0 Å². The number of aliphatic imine (C=N–C) groups is 1. The Morgan fingerprint density at radius 3 is 2.61 bits per heavy atom. The summed E-state index contributed by atoms with van der Waals surface area (Å²) in [5.74, 6) is 0. The van der Waals surface area contributed by atoms with Crippen molar-refractivity contribution in [2.24, 2.45) is 4.99 Å². The molecule has 1 rings (SSSR count). The third-order valence-electron chi connectivity index (χ3n) is 2.20. The molecule has 98 valence electrons. The van der Waals surface area contributed by atoms with Gasteiger partial charge in [-0.1, -0.05) is 16.9 Å². The summed E-state index contributed by atoms with van der Waals surface area (Å²) in [4.78, 5) is 8.53. The average Bonchev–Trinajstić information content (AvgIpc) is 2.26. The van der Waals surface area contributed by atoms with E-state index in [4.69, 9.17) is 12.2 Å². The molecule has 0 N–H and O–H groups in total. The highest BCUT2D eigenvalue weighted by Gasteiger charge is 2.29.